The Morgan fingerprint density at radius 1 is 0.926 bits per heavy atom. The van der Waals surface area contributed by atoms with Gasteiger partial charge in [0.15, 0.2) is 6.61 Å². The summed E-state index contributed by atoms with van der Waals surface area (Å²) in [6, 6.07) is 22.5. The van der Waals surface area contributed by atoms with Crippen molar-refractivity contribution in [2.75, 3.05) is 6.61 Å². The molecule has 3 aromatic carbocycles. The number of ether oxygens (including phenoxy) is 1. The lowest BCUT2D eigenvalue weighted by Gasteiger charge is -2.11. The van der Waals surface area contributed by atoms with E-state index < -0.39 is 5.91 Å². The molecule has 0 unspecified atom stereocenters. The van der Waals surface area contributed by atoms with Crippen LogP contribution in [0.1, 0.15) is 5.56 Å². The fourth-order valence-corrected chi connectivity index (χ4v) is 2.92. The predicted molar refractivity (Wildman–Crippen MR) is 110 cm³/mol. The van der Waals surface area contributed by atoms with E-state index in [4.69, 9.17) is 27.9 Å². The maximum Gasteiger partial charge on any atom is 0.277 e. The first-order valence-electron chi connectivity index (χ1n) is 8.18. The quantitative estimate of drug-likeness (QED) is 0.458. The molecule has 3 aromatic rings. The third-order valence-corrected chi connectivity index (χ3v) is 4.37. The van der Waals surface area contributed by atoms with Crippen molar-refractivity contribution in [1.82, 2.24) is 5.43 Å². The minimum absolute atomic E-state index is 0.169. The average molecular weight is 399 g/mol. The van der Waals surface area contributed by atoms with Gasteiger partial charge < -0.3 is 4.74 Å². The summed E-state index contributed by atoms with van der Waals surface area (Å²) in [5.41, 5.74) is 4.87. The lowest BCUT2D eigenvalue weighted by Crippen LogP contribution is -2.24. The molecule has 0 atom stereocenters. The molecule has 0 aliphatic heterocycles. The van der Waals surface area contributed by atoms with Gasteiger partial charge in [0.05, 0.1) is 16.3 Å². The smallest absolute Gasteiger partial charge is 0.277 e. The van der Waals surface area contributed by atoms with E-state index >= 15 is 0 Å². The number of carbonyl (C=O) groups excluding carboxylic acids is 1. The first kappa shape index (κ1) is 19.0. The highest BCUT2D eigenvalue weighted by Gasteiger charge is 2.08. The number of hydrogen-bond donors (Lipinski definition) is 1. The molecule has 27 heavy (non-hydrogen) atoms. The van der Waals surface area contributed by atoms with E-state index in [2.05, 4.69) is 10.5 Å². The van der Waals surface area contributed by atoms with Crippen LogP contribution in [0.5, 0.6) is 5.75 Å². The van der Waals surface area contributed by atoms with Crippen molar-refractivity contribution in [2.45, 2.75) is 0 Å². The van der Waals surface area contributed by atoms with Crippen molar-refractivity contribution in [3.8, 4) is 16.9 Å². The van der Waals surface area contributed by atoms with Crippen LogP contribution in [0.15, 0.2) is 77.9 Å². The van der Waals surface area contributed by atoms with E-state index in [1.807, 2.05) is 54.6 Å². The minimum Gasteiger partial charge on any atom is -0.483 e. The highest BCUT2D eigenvalue weighted by atomic mass is 35.5. The third kappa shape index (κ3) is 5.09. The van der Waals surface area contributed by atoms with Gasteiger partial charge in [0.1, 0.15) is 5.75 Å². The van der Waals surface area contributed by atoms with E-state index in [1.165, 1.54) is 6.21 Å². The van der Waals surface area contributed by atoms with Gasteiger partial charge in [-0.2, -0.15) is 5.10 Å². The average Bonchev–Trinajstić information content (AvgIpc) is 2.69. The van der Waals surface area contributed by atoms with Crippen LogP contribution in [-0.4, -0.2) is 18.7 Å². The molecule has 0 radical (unpaired) electrons. The van der Waals surface area contributed by atoms with Crippen molar-refractivity contribution in [3.63, 3.8) is 0 Å². The Bertz CT molecular complexity index is 939. The van der Waals surface area contributed by atoms with Crippen molar-refractivity contribution in [1.29, 1.82) is 0 Å². The highest BCUT2D eigenvalue weighted by Crippen LogP contribution is 2.29. The van der Waals surface area contributed by atoms with E-state index in [-0.39, 0.29) is 6.61 Å². The Balaban J connectivity index is 1.61. The maximum absolute atomic E-state index is 12.0. The van der Waals surface area contributed by atoms with Crippen molar-refractivity contribution in [2.24, 2.45) is 5.10 Å². The number of benzene rings is 3. The zero-order chi connectivity index (χ0) is 19.1. The number of amides is 1. The summed E-state index contributed by atoms with van der Waals surface area (Å²) in [5.74, 6) is 0.231. The molecule has 0 saturated carbocycles. The summed E-state index contributed by atoms with van der Waals surface area (Å²) < 4.78 is 5.67. The van der Waals surface area contributed by atoms with Crippen molar-refractivity contribution in [3.05, 3.63) is 88.4 Å². The van der Waals surface area contributed by atoms with Gasteiger partial charge in [-0.05, 0) is 23.8 Å². The van der Waals surface area contributed by atoms with Crippen molar-refractivity contribution < 1.29 is 9.53 Å². The van der Waals surface area contributed by atoms with Crippen LogP contribution >= 0.6 is 23.2 Å². The Hall–Kier alpha value is -2.82. The zero-order valence-corrected chi connectivity index (χ0v) is 15.7. The first-order chi connectivity index (χ1) is 13.1. The van der Waals surface area contributed by atoms with E-state index in [1.54, 1.807) is 18.2 Å². The van der Waals surface area contributed by atoms with E-state index in [0.29, 0.717) is 21.4 Å². The molecule has 0 spiro atoms. The van der Waals surface area contributed by atoms with E-state index in [0.717, 1.165) is 11.1 Å². The molecule has 0 aliphatic rings. The van der Waals surface area contributed by atoms with Crippen LogP contribution in [0.25, 0.3) is 11.1 Å². The molecule has 0 aliphatic carbocycles. The van der Waals surface area contributed by atoms with E-state index in [9.17, 15) is 4.79 Å². The van der Waals surface area contributed by atoms with Gasteiger partial charge in [0, 0.05) is 11.1 Å². The zero-order valence-electron chi connectivity index (χ0n) is 14.2. The largest absolute Gasteiger partial charge is 0.483 e. The first-order valence-corrected chi connectivity index (χ1v) is 8.94. The van der Waals surface area contributed by atoms with Crippen molar-refractivity contribution >= 4 is 35.3 Å². The number of nitrogens with one attached hydrogen (secondary N) is 1. The number of carbonyl (C=O) groups is 1. The Morgan fingerprint density at radius 2 is 1.59 bits per heavy atom. The topological polar surface area (TPSA) is 50.7 Å². The number of para-hydroxylation sites is 1. The molecule has 1 N–H and O–H groups in total. The summed E-state index contributed by atoms with van der Waals surface area (Å²) in [6.07, 6.45) is 1.40. The summed E-state index contributed by atoms with van der Waals surface area (Å²) in [6.45, 7) is -0.169. The van der Waals surface area contributed by atoms with Gasteiger partial charge in [-0.1, -0.05) is 77.8 Å². The standard InChI is InChI=1S/C21H16Cl2N2O2/c22-18-10-6-11-19(23)17(18)13-24-25-21(26)14-27-20-12-5-4-9-16(20)15-7-2-1-3-8-15/h1-13H,14H2,(H,25,26). The summed E-state index contributed by atoms with van der Waals surface area (Å²) in [5, 5.41) is 4.79. The monoisotopic (exact) mass is 398 g/mol. The van der Waals surface area contributed by atoms with Crippen LogP contribution in [0.4, 0.5) is 0 Å². The highest BCUT2D eigenvalue weighted by molar-refractivity contribution is 6.38. The molecular weight excluding hydrogens is 383 g/mol. The van der Waals surface area contributed by atoms with Crippen LogP contribution in [0.3, 0.4) is 0 Å². The molecule has 0 bridgehead atoms. The van der Waals surface area contributed by atoms with Crippen LogP contribution in [0, 0.1) is 0 Å². The number of halogens is 2. The van der Waals surface area contributed by atoms with Crippen LogP contribution in [0.2, 0.25) is 10.0 Å². The predicted octanol–water partition coefficient (Wildman–Crippen LogP) is 5.19. The third-order valence-electron chi connectivity index (χ3n) is 3.71. The van der Waals surface area contributed by atoms with Gasteiger partial charge in [-0.25, -0.2) is 5.43 Å². The van der Waals surface area contributed by atoms with Crippen LogP contribution in [-0.2, 0) is 4.79 Å². The molecule has 1 amide bonds. The fourth-order valence-electron chi connectivity index (χ4n) is 2.43. The molecule has 0 aromatic heterocycles. The van der Waals surface area contributed by atoms with Gasteiger partial charge >= 0.3 is 0 Å². The van der Waals surface area contributed by atoms with Gasteiger partial charge in [-0.15, -0.1) is 0 Å². The summed E-state index contributed by atoms with van der Waals surface area (Å²) >= 11 is 12.1. The summed E-state index contributed by atoms with van der Waals surface area (Å²) in [4.78, 5) is 12.0. The van der Waals surface area contributed by atoms with Gasteiger partial charge in [0.25, 0.3) is 5.91 Å². The molecule has 6 heteroatoms. The van der Waals surface area contributed by atoms with Gasteiger partial charge in [0.2, 0.25) is 0 Å². The Morgan fingerprint density at radius 3 is 2.33 bits per heavy atom. The fraction of sp³-hybridized carbons (Fsp3) is 0.0476. The number of rotatable bonds is 6. The molecule has 136 valence electrons. The SMILES string of the molecule is O=C(COc1ccccc1-c1ccccc1)NN=Cc1c(Cl)cccc1Cl. The number of hydrogen-bond acceptors (Lipinski definition) is 3. The Kier molecular flexibility index (Phi) is 6.47. The molecule has 4 nitrogen and oxygen atoms in total. The molecule has 3 rings (SSSR count). The lowest BCUT2D eigenvalue weighted by atomic mass is 10.1. The van der Waals surface area contributed by atoms with Gasteiger partial charge in [-0.3, -0.25) is 4.79 Å². The molecule has 0 fully saturated rings. The maximum atomic E-state index is 12.0. The number of hydrazone groups is 1. The molecule has 0 heterocycles. The second-order valence-corrected chi connectivity index (χ2v) is 6.39. The molecular formula is C21H16Cl2N2O2. The minimum atomic E-state index is -0.391. The Labute approximate surface area is 167 Å². The second kappa shape index (κ2) is 9.21. The summed E-state index contributed by atoms with van der Waals surface area (Å²) in [7, 11) is 0. The molecule has 0 saturated heterocycles. The second-order valence-electron chi connectivity index (χ2n) is 5.58. The lowest BCUT2D eigenvalue weighted by molar-refractivity contribution is -0.123. The van der Waals surface area contributed by atoms with Crippen LogP contribution < -0.4 is 10.2 Å². The number of nitrogens with zero attached hydrogens (tertiary/aromatic N) is 1. The normalized spacial score (nSPS) is 10.7.